The van der Waals surface area contributed by atoms with Crippen LogP contribution >= 0.6 is 0 Å². The van der Waals surface area contributed by atoms with Crippen molar-refractivity contribution in [2.75, 3.05) is 20.8 Å². The Kier molecular flexibility index (Phi) is 3.39. The van der Waals surface area contributed by atoms with Crippen molar-refractivity contribution in [2.45, 2.75) is 0 Å². The van der Waals surface area contributed by atoms with Crippen molar-refractivity contribution in [3.8, 4) is 17.5 Å². The molecule has 0 bridgehead atoms. The second-order valence-electron chi connectivity index (χ2n) is 4.23. The molecule has 0 radical (unpaired) electrons. The van der Waals surface area contributed by atoms with Gasteiger partial charge in [0.15, 0.2) is 0 Å². The Morgan fingerprint density at radius 2 is 2.00 bits per heavy atom. The third-order valence-electron chi connectivity index (χ3n) is 2.93. The molecule has 0 atom stereocenters. The maximum Gasteiger partial charge on any atom is 0.278 e. The van der Waals surface area contributed by atoms with E-state index >= 15 is 0 Å². The number of benzene rings is 1. The SMILES string of the molecule is COc1ncc(C2=Nc3ccc(F)cc3OC2)nc1OC. The number of rotatable bonds is 3. The van der Waals surface area contributed by atoms with Crippen molar-refractivity contribution in [2.24, 2.45) is 4.99 Å². The molecule has 1 aliphatic rings. The van der Waals surface area contributed by atoms with Gasteiger partial charge in [-0.2, -0.15) is 0 Å². The van der Waals surface area contributed by atoms with Crippen LogP contribution in [-0.4, -0.2) is 36.5 Å². The van der Waals surface area contributed by atoms with Crippen LogP contribution in [0.15, 0.2) is 29.4 Å². The zero-order valence-electron chi connectivity index (χ0n) is 11.5. The van der Waals surface area contributed by atoms with Gasteiger partial charge >= 0.3 is 0 Å². The Labute approximate surface area is 120 Å². The highest BCUT2D eigenvalue weighted by Crippen LogP contribution is 2.32. The smallest absolute Gasteiger partial charge is 0.278 e. The first-order valence-electron chi connectivity index (χ1n) is 6.16. The van der Waals surface area contributed by atoms with Crippen LogP contribution in [0.25, 0.3) is 0 Å². The van der Waals surface area contributed by atoms with E-state index in [9.17, 15) is 4.39 Å². The average Bonchev–Trinajstić information content (AvgIpc) is 2.53. The molecule has 1 aromatic carbocycles. The lowest BCUT2D eigenvalue weighted by Crippen LogP contribution is -2.18. The summed E-state index contributed by atoms with van der Waals surface area (Å²) >= 11 is 0. The molecular weight excluding hydrogens is 277 g/mol. The molecule has 7 heteroatoms. The highest BCUT2D eigenvalue weighted by atomic mass is 19.1. The molecule has 2 aromatic rings. The van der Waals surface area contributed by atoms with Crippen LogP contribution in [0.2, 0.25) is 0 Å². The summed E-state index contributed by atoms with van der Waals surface area (Å²) in [5, 5.41) is 0. The minimum Gasteiger partial charge on any atom is -0.485 e. The van der Waals surface area contributed by atoms with Gasteiger partial charge in [-0.15, -0.1) is 0 Å². The third kappa shape index (κ3) is 2.49. The summed E-state index contributed by atoms with van der Waals surface area (Å²) in [4.78, 5) is 12.8. The number of fused-ring (bicyclic) bond motifs is 1. The number of ether oxygens (including phenoxy) is 3. The lowest BCUT2D eigenvalue weighted by molar-refractivity contribution is 0.330. The number of aliphatic imine (C=N–C) groups is 1. The predicted molar refractivity (Wildman–Crippen MR) is 73.2 cm³/mol. The van der Waals surface area contributed by atoms with E-state index in [0.717, 1.165) is 0 Å². The summed E-state index contributed by atoms with van der Waals surface area (Å²) in [5.41, 5.74) is 1.65. The van der Waals surface area contributed by atoms with Crippen molar-refractivity contribution in [3.63, 3.8) is 0 Å². The molecule has 108 valence electrons. The Hall–Kier alpha value is -2.70. The zero-order chi connectivity index (χ0) is 14.8. The molecule has 6 nitrogen and oxygen atoms in total. The Morgan fingerprint density at radius 3 is 2.76 bits per heavy atom. The van der Waals surface area contributed by atoms with E-state index < -0.39 is 0 Å². The third-order valence-corrected chi connectivity index (χ3v) is 2.93. The highest BCUT2D eigenvalue weighted by molar-refractivity contribution is 6.02. The van der Waals surface area contributed by atoms with E-state index in [2.05, 4.69) is 15.0 Å². The molecule has 0 saturated heterocycles. The van der Waals surface area contributed by atoms with Crippen molar-refractivity contribution >= 4 is 11.4 Å². The first-order valence-corrected chi connectivity index (χ1v) is 6.16. The van der Waals surface area contributed by atoms with Gasteiger partial charge in [-0.05, 0) is 12.1 Å². The largest absolute Gasteiger partial charge is 0.485 e. The monoisotopic (exact) mass is 289 g/mol. The fourth-order valence-corrected chi connectivity index (χ4v) is 1.92. The summed E-state index contributed by atoms with van der Waals surface area (Å²) in [6, 6.07) is 4.18. The molecule has 0 amide bonds. The number of methoxy groups -OCH3 is 2. The van der Waals surface area contributed by atoms with Crippen molar-refractivity contribution in [3.05, 3.63) is 35.9 Å². The fourth-order valence-electron chi connectivity index (χ4n) is 1.92. The van der Waals surface area contributed by atoms with E-state index in [1.165, 1.54) is 32.5 Å². The van der Waals surface area contributed by atoms with E-state index in [-0.39, 0.29) is 18.3 Å². The first kappa shape index (κ1) is 13.3. The van der Waals surface area contributed by atoms with Crippen LogP contribution in [0.4, 0.5) is 10.1 Å². The van der Waals surface area contributed by atoms with E-state index in [1.807, 2.05) is 0 Å². The highest BCUT2D eigenvalue weighted by Gasteiger charge is 2.18. The van der Waals surface area contributed by atoms with Gasteiger partial charge in [0.25, 0.3) is 11.8 Å². The van der Waals surface area contributed by atoms with E-state index in [0.29, 0.717) is 28.7 Å². The first-order chi connectivity index (χ1) is 10.2. The van der Waals surface area contributed by atoms with E-state index in [4.69, 9.17) is 14.2 Å². The number of hydrogen-bond acceptors (Lipinski definition) is 6. The maximum atomic E-state index is 13.1. The summed E-state index contributed by atoms with van der Waals surface area (Å²) in [6.07, 6.45) is 1.53. The van der Waals surface area contributed by atoms with Gasteiger partial charge in [0, 0.05) is 6.07 Å². The summed E-state index contributed by atoms with van der Waals surface area (Å²) in [5.74, 6) is 0.606. The summed E-state index contributed by atoms with van der Waals surface area (Å²) in [6.45, 7) is 0.181. The molecule has 0 N–H and O–H groups in total. The molecule has 21 heavy (non-hydrogen) atoms. The molecule has 0 aliphatic carbocycles. The van der Waals surface area contributed by atoms with Crippen LogP contribution < -0.4 is 14.2 Å². The molecule has 0 unspecified atom stereocenters. The van der Waals surface area contributed by atoms with Crippen LogP contribution in [-0.2, 0) is 0 Å². The standard InChI is InChI=1S/C14H12FN3O3/c1-19-13-14(20-2)18-10(6-16-13)11-7-21-12-5-8(15)3-4-9(12)17-11/h3-6H,7H2,1-2H3. The van der Waals surface area contributed by atoms with Gasteiger partial charge in [-0.25, -0.2) is 19.4 Å². The molecule has 1 aliphatic heterocycles. The fraction of sp³-hybridized carbons (Fsp3) is 0.214. The van der Waals surface area contributed by atoms with Crippen LogP contribution in [0, 0.1) is 5.82 Å². The normalized spacial score (nSPS) is 13.0. The number of nitrogens with zero attached hydrogens (tertiary/aromatic N) is 3. The van der Waals surface area contributed by atoms with Gasteiger partial charge in [-0.1, -0.05) is 0 Å². The Bertz CT molecular complexity index is 719. The molecule has 0 spiro atoms. The van der Waals surface area contributed by atoms with Crippen molar-refractivity contribution < 1.29 is 18.6 Å². The van der Waals surface area contributed by atoms with Crippen LogP contribution in [0.3, 0.4) is 0 Å². The quantitative estimate of drug-likeness (QED) is 0.866. The summed E-state index contributed by atoms with van der Waals surface area (Å²) in [7, 11) is 2.96. The van der Waals surface area contributed by atoms with Gasteiger partial charge in [0.2, 0.25) is 0 Å². The topological polar surface area (TPSA) is 65.8 Å². The number of halogens is 1. The molecule has 1 aromatic heterocycles. The van der Waals surface area contributed by atoms with Gasteiger partial charge < -0.3 is 14.2 Å². The second kappa shape index (κ2) is 5.35. The lowest BCUT2D eigenvalue weighted by atomic mass is 10.2. The van der Waals surface area contributed by atoms with E-state index in [1.54, 1.807) is 6.07 Å². The van der Waals surface area contributed by atoms with Crippen LogP contribution in [0.1, 0.15) is 5.69 Å². The number of hydrogen-bond donors (Lipinski definition) is 0. The zero-order valence-corrected chi connectivity index (χ0v) is 11.5. The van der Waals surface area contributed by atoms with Gasteiger partial charge in [-0.3, -0.25) is 0 Å². The van der Waals surface area contributed by atoms with Gasteiger partial charge in [0.05, 0.1) is 20.4 Å². The molecule has 0 fully saturated rings. The predicted octanol–water partition coefficient (Wildman–Crippen LogP) is 2.15. The number of aromatic nitrogens is 2. The van der Waals surface area contributed by atoms with Crippen LogP contribution in [0.5, 0.6) is 17.5 Å². The summed E-state index contributed by atoms with van der Waals surface area (Å²) < 4.78 is 28.8. The minimum atomic E-state index is -0.363. The van der Waals surface area contributed by atoms with Crippen molar-refractivity contribution in [1.29, 1.82) is 0 Å². The maximum absolute atomic E-state index is 13.1. The molecule has 0 saturated carbocycles. The molecular formula is C14H12FN3O3. The van der Waals surface area contributed by atoms with Gasteiger partial charge in [0.1, 0.15) is 35.3 Å². The minimum absolute atomic E-state index is 0.181. The second-order valence-corrected chi connectivity index (χ2v) is 4.23. The Morgan fingerprint density at radius 1 is 1.19 bits per heavy atom. The molecule has 2 heterocycles. The van der Waals surface area contributed by atoms with Crippen molar-refractivity contribution in [1.82, 2.24) is 9.97 Å². The average molecular weight is 289 g/mol. The Balaban J connectivity index is 2.00. The molecule has 3 rings (SSSR count). The lowest BCUT2D eigenvalue weighted by Gasteiger charge is -2.17.